The molecule has 84 valence electrons. The van der Waals surface area contributed by atoms with E-state index in [2.05, 4.69) is 14.7 Å². The number of aromatic nitrogens is 2. The Hall–Kier alpha value is -1.69. The van der Waals surface area contributed by atoms with Crippen LogP contribution in [0, 0.1) is 5.82 Å². The van der Waals surface area contributed by atoms with E-state index in [1.165, 1.54) is 23.7 Å². The van der Waals surface area contributed by atoms with Crippen molar-refractivity contribution in [3.8, 4) is 0 Å². The van der Waals surface area contributed by atoms with Crippen LogP contribution in [0.2, 0.25) is 0 Å². The molecule has 3 N–H and O–H groups in total. The smallest absolute Gasteiger partial charge is 0.233 e. The molecule has 0 aliphatic carbocycles. The topological polar surface area (TPSA) is 63.8 Å². The third-order valence-electron chi connectivity index (χ3n) is 2.13. The van der Waals surface area contributed by atoms with Gasteiger partial charge in [0.2, 0.25) is 11.1 Å². The average molecular weight is 238 g/mol. The highest BCUT2D eigenvalue weighted by Gasteiger charge is 2.08. The van der Waals surface area contributed by atoms with Crippen LogP contribution in [0.1, 0.15) is 18.5 Å². The van der Waals surface area contributed by atoms with Gasteiger partial charge in [0.25, 0.3) is 0 Å². The van der Waals surface area contributed by atoms with Gasteiger partial charge in [-0.2, -0.15) is 9.36 Å². The van der Waals surface area contributed by atoms with Crippen LogP contribution in [0.4, 0.5) is 15.5 Å². The summed E-state index contributed by atoms with van der Waals surface area (Å²) in [5.74, 6) is 0.00173. The highest BCUT2D eigenvalue weighted by molar-refractivity contribution is 7.09. The number of nitrogen functional groups attached to an aromatic ring is 1. The molecule has 0 fully saturated rings. The number of nitrogens with two attached hydrogens (primary N) is 1. The first-order valence-electron chi connectivity index (χ1n) is 4.76. The van der Waals surface area contributed by atoms with Crippen molar-refractivity contribution in [1.29, 1.82) is 0 Å². The Morgan fingerprint density at radius 2 is 2.31 bits per heavy atom. The van der Waals surface area contributed by atoms with Gasteiger partial charge in [0, 0.05) is 11.5 Å². The van der Waals surface area contributed by atoms with Crippen molar-refractivity contribution in [3.63, 3.8) is 0 Å². The van der Waals surface area contributed by atoms with Crippen molar-refractivity contribution in [3.05, 3.63) is 35.6 Å². The third-order valence-corrected chi connectivity index (χ3v) is 2.79. The predicted octanol–water partition coefficient (Wildman–Crippen LogP) is 2.43. The van der Waals surface area contributed by atoms with Crippen LogP contribution in [0.3, 0.4) is 0 Å². The van der Waals surface area contributed by atoms with Gasteiger partial charge >= 0.3 is 0 Å². The molecule has 2 aromatic rings. The van der Waals surface area contributed by atoms with Gasteiger partial charge in [0.05, 0.1) is 6.04 Å². The fourth-order valence-electron chi connectivity index (χ4n) is 1.34. The first-order valence-corrected chi connectivity index (χ1v) is 5.53. The van der Waals surface area contributed by atoms with Gasteiger partial charge in [-0.15, -0.1) is 0 Å². The second-order valence-corrected chi connectivity index (χ2v) is 4.13. The molecule has 0 spiro atoms. The molecule has 0 saturated carbocycles. The van der Waals surface area contributed by atoms with Crippen LogP contribution < -0.4 is 11.1 Å². The second-order valence-electron chi connectivity index (χ2n) is 3.38. The minimum Gasteiger partial charge on any atom is -0.367 e. The number of anilines is 2. The molecule has 4 nitrogen and oxygen atoms in total. The van der Waals surface area contributed by atoms with Crippen LogP contribution in [0.15, 0.2) is 24.3 Å². The normalized spacial score (nSPS) is 12.4. The molecule has 1 atom stereocenters. The number of nitrogens with zero attached hydrogens (tertiary/aromatic N) is 2. The van der Waals surface area contributed by atoms with E-state index in [1.54, 1.807) is 6.07 Å². The van der Waals surface area contributed by atoms with Crippen molar-refractivity contribution >= 4 is 22.6 Å². The van der Waals surface area contributed by atoms with Gasteiger partial charge in [-0.3, -0.25) is 0 Å². The lowest BCUT2D eigenvalue weighted by Crippen LogP contribution is -2.06. The van der Waals surface area contributed by atoms with Gasteiger partial charge in [-0.05, 0) is 24.6 Å². The van der Waals surface area contributed by atoms with E-state index in [-0.39, 0.29) is 17.8 Å². The average Bonchev–Trinajstić information content (AvgIpc) is 2.64. The summed E-state index contributed by atoms with van der Waals surface area (Å²) in [6, 6.07) is 6.40. The van der Waals surface area contributed by atoms with E-state index in [9.17, 15) is 4.39 Å². The molecule has 6 heteroatoms. The molecule has 1 unspecified atom stereocenters. The predicted molar refractivity (Wildman–Crippen MR) is 62.8 cm³/mol. The Kier molecular flexibility index (Phi) is 3.00. The van der Waals surface area contributed by atoms with E-state index >= 15 is 0 Å². The van der Waals surface area contributed by atoms with Crippen LogP contribution >= 0.6 is 11.5 Å². The van der Waals surface area contributed by atoms with Gasteiger partial charge in [0.1, 0.15) is 5.82 Å². The van der Waals surface area contributed by atoms with Gasteiger partial charge in [-0.1, -0.05) is 12.1 Å². The minimum absolute atomic E-state index is 0.0388. The van der Waals surface area contributed by atoms with Crippen molar-refractivity contribution in [2.45, 2.75) is 13.0 Å². The number of hydrogen-bond donors (Lipinski definition) is 2. The molecule has 16 heavy (non-hydrogen) atoms. The molecule has 1 heterocycles. The summed E-state index contributed by atoms with van der Waals surface area (Å²) >= 11 is 1.19. The quantitative estimate of drug-likeness (QED) is 0.862. The first kappa shape index (κ1) is 10.8. The fraction of sp³-hybridized carbons (Fsp3) is 0.200. The Bertz CT molecular complexity index is 485. The molecular weight excluding hydrogens is 227 g/mol. The maximum absolute atomic E-state index is 13.0. The van der Waals surface area contributed by atoms with Gasteiger partial charge in [0.15, 0.2) is 0 Å². The minimum atomic E-state index is -0.247. The molecule has 1 aromatic heterocycles. The maximum Gasteiger partial charge on any atom is 0.233 e. The van der Waals surface area contributed by atoms with E-state index < -0.39 is 0 Å². The Morgan fingerprint density at radius 1 is 1.50 bits per heavy atom. The van der Waals surface area contributed by atoms with Crippen LogP contribution in [0.5, 0.6) is 0 Å². The summed E-state index contributed by atoms with van der Waals surface area (Å²) in [5.41, 5.74) is 6.26. The van der Waals surface area contributed by atoms with Crippen molar-refractivity contribution in [1.82, 2.24) is 9.36 Å². The zero-order valence-corrected chi connectivity index (χ0v) is 9.46. The van der Waals surface area contributed by atoms with Crippen molar-refractivity contribution < 1.29 is 4.39 Å². The molecule has 1 aromatic carbocycles. The van der Waals surface area contributed by atoms with Crippen molar-refractivity contribution in [2.24, 2.45) is 0 Å². The van der Waals surface area contributed by atoms with Gasteiger partial charge in [-0.25, -0.2) is 4.39 Å². The molecule has 0 aliphatic heterocycles. The first-order chi connectivity index (χ1) is 7.65. The Balaban J connectivity index is 2.11. The lowest BCUT2D eigenvalue weighted by molar-refractivity contribution is 0.623. The maximum atomic E-state index is 13.0. The number of halogens is 1. The molecule has 0 radical (unpaired) electrons. The third kappa shape index (κ3) is 2.46. The lowest BCUT2D eigenvalue weighted by Gasteiger charge is -2.12. The lowest BCUT2D eigenvalue weighted by atomic mass is 10.1. The standard InChI is InChI=1S/C10H11FN4S/c1-6(7-3-2-4-8(11)5-7)13-10-14-9(12)15-16-10/h2-6H,1H3,(H3,12,13,14,15). The van der Waals surface area contributed by atoms with E-state index in [0.29, 0.717) is 5.13 Å². The summed E-state index contributed by atoms with van der Waals surface area (Å²) in [4.78, 5) is 3.98. The fourth-order valence-corrected chi connectivity index (χ4v) is 1.92. The van der Waals surface area contributed by atoms with E-state index in [4.69, 9.17) is 5.73 Å². The summed E-state index contributed by atoms with van der Waals surface area (Å²) in [7, 11) is 0. The summed E-state index contributed by atoms with van der Waals surface area (Å²) < 4.78 is 16.8. The number of rotatable bonds is 3. The zero-order chi connectivity index (χ0) is 11.5. The summed E-state index contributed by atoms with van der Waals surface area (Å²) in [6.07, 6.45) is 0. The number of nitrogens with one attached hydrogen (secondary N) is 1. The highest BCUT2D eigenvalue weighted by Crippen LogP contribution is 2.21. The molecule has 0 saturated heterocycles. The zero-order valence-electron chi connectivity index (χ0n) is 8.64. The molecular formula is C10H11FN4S. The highest BCUT2D eigenvalue weighted by atomic mass is 32.1. The molecule has 0 aliphatic rings. The van der Waals surface area contributed by atoms with Crippen LogP contribution in [-0.2, 0) is 0 Å². The monoisotopic (exact) mass is 238 g/mol. The molecule has 0 bridgehead atoms. The SMILES string of the molecule is CC(Nc1nc(N)ns1)c1cccc(F)c1. The summed E-state index contributed by atoms with van der Waals surface area (Å²) in [6.45, 7) is 1.92. The molecule has 2 rings (SSSR count). The number of benzene rings is 1. The van der Waals surface area contributed by atoms with Crippen LogP contribution in [0.25, 0.3) is 0 Å². The van der Waals surface area contributed by atoms with Gasteiger partial charge < -0.3 is 11.1 Å². The number of hydrogen-bond acceptors (Lipinski definition) is 5. The van der Waals surface area contributed by atoms with Crippen molar-refractivity contribution in [2.75, 3.05) is 11.1 Å². The Labute approximate surface area is 96.5 Å². The second kappa shape index (κ2) is 4.44. The largest absolute Gasteiger partial charge is 0.367 e. The van der Waals surface area contributed by atoms with Crippen LogP contribution in [-0.4, -0.2) is 9.36 Å². The van der Waals surface area contributed by atoms with E-state index in [1.807, 2.05) is 13.0 Å². The summed E-state index contributed by atoms with van der Waals surface area (Å²) in [5, 5.41) is 3.74. The molecule has 0 amide bonds. The Morgan fingerprint density at radius 3 is 2.94 bits per heavy atom. The van der Waals surface area contributed by atoms with E-state index in [0.717, 1.165) is 5.56 Å².